The monoisotopic (exact) mass is 421 g/mol. The number of nitrogens with zero attached hydrogens (tertiary/aromatic N) is 3. The molecule has 5 nitrogen and oxygen atoms in total. The van der Waals surface area contributed by atoms with Crippen LogP contribution in [0.2, 0.25) is 0 Å². The van der Waals surface area contributed by atoms with Crippen LogP contribution in [0.5, 0.6) is 0 Å². The lowest BCUT2D eigenvalue weighted by atomic mass is 10.2. The van der Waals surface area contributed by atoms with E-state index in [1.807, 2.05) is 61.5 Å². The summed E-state index contributed by atoms with van der Waals surface area (Å²) in [5.41, 5.74) is 1.45. The van der Waals surface area contributed by atoms with E-state index in [2.05, 4.69) is 26.0 Å². The fourth-order valence-corrected chi connectivity index (χ4v) is 3.20. The van der Waals surface area contributed by atoms with E-state index in [4.69, 9.17) is 4.42 Å². The van der Waals surface area contributed by atoms with E-state index in [1.165, 1.54) is 4.68 Å². The number of hydrogen-bond donors (Lipinski definition) is 0. The molecular formula is C21H16BrN3O2. The first-order valence-corrected chi connectivity index (χ1v) is 9.36. The maximum absolute atomic E-state index is 12.9. The Bertz CT molecular complexity index is 1190. The Hall–Kier alpha value is -2.99. The minimum absolute atomic E-state index is 0.204. The molecule has 0 aliphatic carbocycles. The number of rotatable bonds is 4. The third kappa shape index (κ3) is 3.48. The van der Waals surface area contributed by atoms with E-state index in [9.17, 15) is 4.79 Å². The molecule has 0 saturated heterocycles. The van der Waals surface area contributed by atoms with Gasteiger partial charge in [-0.3, -0.25) is 4.79 Å². The molecule has 0 radical (unpaired) electrons. The lowest BCUT2D eigenvalue weighted by Crippen LogP contribution is -2.22. The second kappa shape index (κ2) is 7.32. The van der Waals surface area contributed by atoms with Crippen molar-refractivity contribution in [1.29, 1.82) is 0 Å². The molecule has 2 heterocycles. The van der Waals surface area contributed by atoms with Crippen LogP contribution in [-0.2, 0) is 6.42 Å². The van der Waals surface area contributed by atoms with Gasteiger partial charge in [0.1, 0.15) is 17.3 Å². The Kier molecular flexibility index (Phi) is 4.73. The van der Waals surface area contributed by atoms with Crippen LogP contribution in [0.4, 0.5) is 0 Å². The van der Waals surface area contributed by atoms with Gasteiger partial charge >= 0.3 is 0 Å². The van der Waals surface area contributed by atoms with Gasteiger partial charge in [0.2, 0.25) is 0 Å². The van der Waals surface area contributed by atoms with Gasteiger partial charge in [0.05, 0.1) is 17.1 Å². The summed E-state index contributed by atoms with van der Waals surface area (Å²) in [5, 5.41) is 4.86. The van der Waals surface area contributed by atoms with Crippen LogP contribution >= 0.6 is 15.9 Å². The average molecular weight is 422 g/mol. The molecule has 6 heteroatoms. The van der Waals surface area contributed by atoms with Crippen molar-refractivity contribution in [2.75, 3.05) is 0 Å². The molecule has 0 bridgehead atoms. The molecular weight excluding hydrogens is 406 g/mol. The zero-order valence-electron chi connectivity index (χ0n) is 14.6. The van der Waals surface area contributed by atoms with Crippen molar-refractivity contribution in [3.8, 4) is 11.3 Å². The zero-order valence-corrected chi connectivity index (χ0v) is 16.2. The number of benzene rings is 2. The highest BCUT2D eigenvalue weighted by Crippen LogP contribution is 2.21. The first kappa shape index (κ1) is 17.4. The molecule has 0 unspecified atom stereocenters. The van der Waals surface area contributed by atoms with Gasteiger partial charge in [-0.25, -0.2) is 4.98 Å². The summed E-state index contributed by atoms with van der Waals surface area (Å²) in [5.74, 6) is 1.92. The topological polar surface area (TPSA) is 60.4 Å². The lowest BCUT2D eigenvalue weighted by Gasteiger charge is -2.07. The second-order valence-corrected chi connectivity index (χ2v) is 6.89. The number of fused-ring (bicyclic) bond motifs is 1. The van der Waals surface area contributed by atoms with Crippen LogP contribution in [0.1, 0.15) is 18.5 Å². The number of aromatic nitrogens is 2. The fourth-order valence-electron chi connectivity index (χ4n) is 2.84. The number of furan rings is 1. The van der Waals surface area contributed by atoms with Gasteiger partial charge in [0.15, 0.2) is 0 Å². The van der Waals surface area contributed by atoms with Gasteiger partial charge in [0.25, 0.3) is 5.56 Å². The van der Waals surface area contributed by atoms with Crippen LogP contribution in [0.15, 0.2) is 79.4 Å². The van der Waals surface area contributed by atoms with E-state index in [0.717, 1.165) is 15.8 Å². The number of halogens is 1. The fraction of sp³-hybridized carbons (Fsp3) is 0.0952. The first-order valence-electron chi connectivity index (χ1n) is 8.56. The van der Waals surface area contributed by atoms with E-state index in [0.29, 0.717) is 28.9 Å². The summed E-state index contributed by atoms with van der Waals surface area (Å²) in [4.78, 5) is 17.4. The van der Waals surface area contributed by atoms with Crippen molar-refractivity contribution in [3.05, 3.63) is 87.1 Å². The molecule has 0 aliphatic heterocycles. The smallest absolute Gasteiger partial charge is 0.282 e. The summed E-state index contributed by atoms with van der Waals surface area (Å²) in [7, 11) is 0. The Morgan fingerprint density at radius 2 is 1.96 bits per heavy atom. The van der Waals surface area contributed by atoms with Crippen molar-refractivity contribution in [1.82, 2.24) is 9.66 Å². The predicted octanol–water partition coefficient (Wildman–Crippen LogP) is 4.86. The van der Waals surface area contributed by atoms with Crippen LogP contribution in [0.3, 0.4) is 0 Å². The minimum atomic E-state index is -0.204. The standard InChI is InChI=1S/C21H16BrN3O2/c1-2-20-24-18-10-8-15(22)12-17(18)21(26)25(20)23-13-16-9-11-19(27-16)14-6-4-3-5-7-14/h3-13H,2H2,1H3. The van der Waals surface area contributed by atoms with Crippen molar-refractivity contribution >= 4 is 33.0 Å². The predicted molar refractivity (Wildman–Crippen MR) is 110 cm³/mol. The molecule has 4 rings (SSSR count). The van der Waals surface area contributed by atoms with Crippen molar-refractivity contribution in [3.63, 3.8) is 0 Å². The lowest BCUT2D eigenvalue weighted by molar-refractivity contribution is 0.573. The molecule has 0 aliphatic rings. The first-order chi connectivity index (χ1) is 13.2. The molecule has 4 aromatic rings. The second-order valence-electron chi connectivity index (χ2n) is 5.97. The highest BCUT2D eigenvalue weighted by atomic mass is 79.9. The molecule has 134 valence electrons. The highest BCUT2D eigenvalue weighted by molar-refractivity contribution is 9.10. The largest absolute Gasteiger partial charge is 0.455 e. The molecule has 27 heavy (non-hydrogen) atoms. The molecule has 0 spiro atoms. The van der Waals surface area contributed by atoms with Crippen molar-refractivity contribution in [2.45, 2.75) is 13.3 Å². The summed E-state index contributed by atoms with van der Waals surface area (Å²) >= 11 is 3.40. The highest BCUT2D eigenvalue weighted by Gasteiger charge is 2.10. The summed E-state index contributed by atoms with van der Waals surface area (Å²) in [6, 6.07) is 19.0. The van der Waals surface area contributed by atoms with Crippen LogP contribution in [0, 0.1) is 0 Å². The van der Waals surface area contributed by atoms with Crippen LogP contribution < -0.4 is 5.56 Å². The number of hydrogen-bond acceptors (Lipinski definition) is 4. The third-order valence-electron chi connectivity index (χ3n) is 4.18. The maximum Gasteiger partial charge on any atom is 0.282 e. The van der Waals surface area contributed by atoms with Gasteiger partial charge in [-0.1, -0.05) is 53.2 Å². The van der Waals surface area contributed by atoms with Gasteiger partial charge < -0.3 is 4.42 Å². The Morgan fingerprint density at radius 1 is 1.15 bits per heavy atom. The van der Waals surface area contributed by atoms with Gasteiger partial charge in [-0.15, -0.1) is 0 Å². The normalized spacial score (nSPS) is 11.5. The van der Waals surface area contributed by atoms with Crippen molar-refractivity contribution < 1.29 is 4.42 Å². The van der Waals surface area contributed by atoms with Crippen molar-refractivity contribution in [2.24, 2.45) is 5.10 Å². The third-order valence-corrected chi connectivity index (χ3v) is 4.67. The number of aryl methyl sites for hydroxylation is 1. The van der Waals surface area contributed by atoms with E-state index < -0.39 is 0 Å². The molecule has 0 N–H and O–H groups in total. The molecule has 0 fully saturated rings. The molecule has 0 saturated carbocycles. The molecule has 0 atom stereocenters. The molecule has 2 aromatic carbocycles. The van der Waals surface area contributed by atoms with E-state index >= 15 is 0 Å². The summed E-state index contributed by atoms with van der Waals surface area (Å²) < 4.78 is 7.98. The quantitative estimate of drug-likeness (QED) is 0.441. The minimum Gasteiger partial charge on any atom is -0.455 e. The van der Waals surface area contributed by atoms with Crippen LogP contribution in [0.25, 0.3) is 22.2 Å². The average Bonchev–Trinajstić information content (AvgIpc) is 3.17. The molecule has 2 aromatic heterocycles. The van der Waals surface area contributed by atoms with Gasteiger partial charge in [-0.2, -0.15) is 9.78 Å². The van der Waals surface area contributed by atoms with Gasteiger partial charge in [0, 0.05) is 16.5 Å². The van der Waals surface area contributed by atoms with E-state index in [-0.39, 0.29) is 5.56 Å². The Morgan fingerprint density at radius 3 is 2.74 bits per heavy atom. The molecule has 0 amide bonds. The van der Waals surface area contributed by atoms with Crippen LogP contribution in [-0.4, -0.2) is 15.9 Å². The van der Waals surface area contributed by atoms with E-state index in [1.54, 1.807) is 12.3 Å². The summed E-state index contributed by atoms with van der Waals surface area (Å²) in [6.45, 7) is 1.94. The Labute approximate surface area is 164 Å². The van der Waals surface area contributed by atoms with Gasteiger partial charge in [-0.05, 0) is 30.3 Å². The maximum atomic E-state index is 12.9. The SMILES string of the molecule is CCc1nc2ccc(Br)cc2c(=O)n1N=Cc1ccc(-c2ccccc2)o1. The zero-order chi connectivity index (χ0) is 18.8. The Balaban J connectivity index is 1.74. The summed E-state index contributed by atoms with van der Waals surface area (Å²) in [6.07, 6.45) is 2.13.